The van der Waals surface area contributed by atoms with Crippen LogP contribution in [0.3, 0.4) is 0 Å². The summed E-state index contributed by atoms with van der Waals surface area (Å²) in [6.45, 7) is 11.2. The lowest BCUT2D eigenvalue weighted by molar-refractivity contribution is 0.473. The Morgan fingerprint density at radius 1 is 1.25 bits per heavy atom. The molecule has 0 radical (unpaired) electrons. The van der Waals surface area contributed by atoms with Gasteiger partial charge in [-0.25, -0.2) is 0 Å². The van der Waals surface area contributed by atoms with Crippen molar-refractivity contribution in [1.29, 1.82) is 0 Å². The molecule has 0 saturated carbocycles. The van der Waals surface area contributed by atoms with Crippen LogP contribution in [0.5, 0.6) is 0 Å². The number of hydrogen-bond acceptors (Lipinski definition) is 1. The van der Waals surface area contributed by atoms with Crippen LogP contribution in [0.25, 0.3) is 0 Å². The Hall–Kier alpha value is 0.925. The highest BCUT2D eigenvalue weighted by Crippen LogP contribution is 2.43. The molecule has 0 saturated heterocycles. The Kier molecular flexibility index (Phi) is 15.7. The molecule has 0 amide bonds. The van der Waals surface area contributed by atoms with Crippen LogP contribution in [-0.2, 0) is 0 Å². The van der Waals surface area contributed by atoms with Gasteiger partial charge in [0.05, 0.1) is 0 Å². The molecule has 0 bridgehead atoms. The van der Waals surface area contributed by atoms with Crippen molar-refractivity contribution in [2.24, 2.45) is 5.92 Å². The van der Waals surface area contributed by atoms with Gasteiger partial charge in [0.2, 0.25) is 0 Å². The molecule has 0 spiro atoms. The summed E-state index contributed by atoms with van der Waals surface area (Å²) in [4.78, 5) is 0. The molecule has 0 unspecified atom stereocenters. The molecule has 4 heteroatoms. The number of rotatable bonds is 8. The van der Waals surface area contributed by atoms with Crippen LogP contribution >= 0.6 is 39.2 Å². The molecule has 120 valence electrons. The van der Waals surface area contributed by atoms with E-state index in [2.05, 4.69) is 56.6 Å². The van der Waals surface area contributed by atoms with Gasteiger partial charge in [0, 0.05) is 0 Å². The van der Waals surface area contributed by atoms with E-state index in [4.69, 9.17) is 11.5 Å². The summed E-state index contributed by atoms with van der Waals surface area (Å²) in [5.41, 5.74) is 0. The molecule has 0 aromatic rings. The number of hydrogen-bond donors (Lipinski definition) is 0. The summed E-state index contributed by atoms with van der Waals surface area (Å²) in [6, 6.07) is 0. The largest absolute Gasteiger partial charge is 0.295 e. The first-order chi connectivity index (χ1) is 9.25. The SMILES string of the molecule is CCCCCC/C=C(\Br)B(Cl)C(C)(C)C(C)C.CSC. The van der Waals surface area contributed by atoms with Crippen molar-refractivity contribution in [3.63, 3.8) is 0 Å². The zero-order chi connectivity index (χ0) is 16.2. The van der Waals surface area contributed by atoms with Gasteiger partial charge in [0.25, 0.3) is 6.13 Å². The van der Waals surface area contributed by atoms with Crippen molar-refractivity contribution in [2.75, 3.05) is 12.5 Å². The lowest BCUT2D eigenvalue weighted by atomic mass is 9.48. The highest BCUT2D eigenvalue weighted by Gasteiger charge is 2.36. The summed E-state index contributed by atoms with van der Waals surface area (Å²) < 4.78 is 1.16. The van der Waals surface area contributed by atoms with Crippen LogP contribution < -0.4 is 0 Å². The van der Waals surface area contributed by atoms with E-state index < -0.39 is 0 Å². The van der Waals surface area contributed by atoms with Crippen molar-refractivity contribution in [2.45, 2.75) is 72.0 Å². The van der Waals surface area contributed by atoms with Crippen LogP contribution in [0.4, 0.5) is 0 Å². The fraction of sp³-hybridized carbons (Fsp3) is 0.875. The Labute approximate surface area is 146 Å². The van der Waals surface area contributed by atoms with Crippen LogP contribution in [0.1, 0.15) is 66.7 Å². The van der Waals surface area contributed by atoms with E-state index in [1.165, 1.54) is 25.7 Å². The highest BCUT2D eigenvalue weighted by molar-refractivity contribution is 9.12. The van der Waals surface area contributed by atoms with Crippen molar-refractivity contribution < 1.29 is 0 Å². The summed E-state index contributed by atoms with van der Waals surface area (Å²) in [6.07, 6.45) is 12.8. The van der Waals surface area contributed by atoms with Gasteiger partial charge < -0.3 is 0 Å². The van der Waals surface area contributed by atoms with Gasteiger partial charge in [-0.15, -0.1) is 0 Å². The third kappa shape index (κ3) is 10.6. The molecule has 0 N–H and O–H groups in total. The predicted molar refractivity (Wildman–Crippen MR) is 106 cm³/mol. The van der Waals surface area contributed by atoms with Gasteiger partial charge in [0.1, 0.15) is 0 Å². The first kappa shape index (κ1) is 23.2. The van der Waals surface area contributed by atoms with E-state index in [0.717, 1.165) is 10.8 Å². The Morgan fingerprint density at radius 3 is 2.15 bits per heavy atom. The summed E-state index contributed by atoms with van der Waals surface area (Å²) in [7, 11) is 0. The molecule has 0 aliphatic heterocycles. The standard InChI is InChI=1S/C14H27BBrCl.C2H6S/c1-6-7-8-9-10-11-13(16)15(17)14(4,5)12(2)3;1-3-2/h11-12H,6-10H2,1-5H3;1-2H3/b13-11-;. The molecule has 0 aliphatic rings. The van der Waals surface area contributed by atoms with Gasteiger partial charge in [-0.2, -0.15) is 23.2 Å². The topological polar surface area (TPSA) is 0 Å². The van der Waals surface area contributed by atoms with E-state index in [-0.39, 0.29) is 11.4 Å². The van der Waals surface area contributed by atoms with Crippen molar-refractivity contribution in [3.8, 4) is 0 Å². The smallest absolute Gasteiger partial charge is 0.188 e. The minimum Gasteiger partial charge on any atom is -0.188 e. The van der Waals surface area contributed by atoms with Gasteiger partial charge in [-0.3, -0.25) is 0 Å². The average molecular weight is 384 g/mol. The third-order valence-electron chi connectivity index (χ3n) is 3.78. The van der Waals surface area contributed by atoms with Crippen LogP contribution in [0.2, 0.25) is 5.31 Å². The monoisotopic (exact) mass is 382 g/mol. The number of unbranched alkanes of at least 4 members (excludes halogenated alkanes) is 4. The first-order valence-electron chi connectivity index (χ1n) is 7.65. The van der Waals surface area contributed by atoms with E-state index in [1.807, 2.05) is 12.5 Å². The van der Waals surface area contributed by atoms with Crippen molar-refractivity contribution in [1.82, 2.24) is 0 Å². The second kappa shape index (κ2) is 13.6. The fourth-order valence-electron chi connectivity index (χ4n) is 1.56. The van der Waals surface area contributed by atoms with E-state index >= 15 is 0 Å². The van der Waals surface area contributed by atoms with E-state index in [9.17, 15) is 0 Å². The second-order valence-corrected chi connectivity index (χ2v) is 8.35. The number of allylic oxidation sites excluding steroid dienone is 1. The molecule has 0 atom stereocenters. The van der Waals surface area contributed by atoms with Crippen molar-refractivity contribution >= 4 is 45.3 Å². The molecular weight excluding hydrogens is 350 g/mol. The van der Waals surface area contributed by atoms with Gasteiger partial charge >= 0.3 is 0 Å². The summed E-state index contributed by atoms with van der Waals surface area (Å²) in [5, 5.41) is 0.125. The normalized spacial score (nSPS) is 12.2. The maximum Gasteiger partial charge on any atom is 0.295 e. The molecule has 20 heavy (non-hydrogen) atoms. The first-order valence-corrected chi connectivity index (χ1v) is 10.5. The molecule has 0 aromatic carbocycles. The minimum absolute atomic E-state index is 0.0775. The lowest BCUT2D eigenvalue weighted by Gasteiger charge is -2.31. The number of halogens is 2. The Bertz CT molecular complexity index is 255. The maximum atomic E-state index is 6.54. The zero-order valence-corrected chi connectivity index (χ0v) is 17.6. The maximum absolute atomic E-state index is 6.54. The van der Waals surface area contributed by atoms with Gasteiger partial charge in [-0.1, -0.05) is 75.9 Å². The molecule has 0 heterocycles. The highest BCUT2D eigenvalue weighted by atomic mass is 79.9. The van der Waals surface area contributed by atoms with Gasteiger partial charge in [0.15, 0.2) is 0 Å². The zero-order valence-electron chi connectivity index (χ0n) is 14.4. The molecule has 0 rings (SSSR count). The van der Waals surface area contributed by atoms with Crippen LogP contribution in [0, 0.1) is 5.92 Å². The Balaban J connectivity index is 0. The molecule has 0 fully saturated rings. The predicted octanol–water partition coefficient (Wildman–Crippen LogP) is 7.42. The molecule has 0 nitrogen and oxygen atoms in total. The Morgan fingerprint density at radius 2 is 1.75 bits per heavy atom. The minimum atomic E-state index is 0.0775. The summed E-state index contributed by atoms with van der Waals surface area (Å²) >= 11 is 11.9. The molecule has 0 aliphatic carbocycles. The average Bonchev–Trinajstić information content (AvgIpc) is 2.38. The van der Waals surface area contributed by atoms with E-state index in [1.54, 1.807) is 11.8 Å². The van der Waals surface area contributed by atoms with Crippen LogP contribution in [0.15, 0.2) is 10.5 Å². The molecular formula is C16H33BBrClS. The fourth-order valence-corrected chi connectivity index (χ4v) is 2.72. The van der Waals surface area contributed by atoms with Crippen molar-refractivity contribution in [3.05, 3.63) is 10.5 Å². The van der Waals surface area contributed by atoms with E-state index in [0.29, 0.717) is 5.92 Å². The second-order valence-electron chi connectivity index (χ2n) is 6.19. The quantitative estimate of drug-likeness (QED) is 0.310. The molecule has 0 aromatic heterocycles. The summed E-state index contributed by atoms with van der Waals surface area (Å²) in [5.74, 6) is 0.575. The number of thioether (sulfide) groups is 1. The van der Waals surface area contributed by atoms with Gasteiger partial charge in [-0.05, 0) is 41.0 Å². The third-order valence-corrected chi connectivity index (χ3v) is 5.62. The lowest BCUT2D eigenvalue weighted by Crippen LogP contribution is -2.28. The van der Waals surface area contributed by atoms with Crippen LogP contribution in [-0.4, -0.2) is 18.6 Å².